The maximum Gasteiger partial charge on any atom is 0.327 e. The topological polar surface area (TPSA) is 100 Å². The zero-order valence-corrected chi connectivity index (χ0v) is 17.3. The Hall–Kier alpha value is -4.34. The Balaban J connectivity index is 1.34. The molecular weight excluding hydrogens is 425 g/mol. The summed E-state index contributed by atoms with van der Waals surface area (Å²) in [6.45, 7) is 1.58. The van der Waals surface area contributed by atoms with E-state index in [1.54, 1.807) is 35.8 Å². The largest absolute Gasteiger partial charge is 0.443 e. The summed E-state index contributed by atoms with van der Waals surface area (Å²) in [4.78, 5) is 34.1. The number of halogens is 1. The predicted octanol–water partition coefficient (Wildman–Crippen LogP) is 3.96. The fourth-order valence-corrected chi connectivity index (χ4v) is 4.37. The van der Waals surface area contributed by atoms with Gasteiger partial charge in [-0.1, -0.05) is 0 Å². The van der Waals surface area contributed by atoms with Crippen LogP contribution in [0.4, 0.5) is 26.4 Å². The fourth-order valence-electron chi connectivity index (χ4n) is 4.37. The molecule has 2 aliphatic rings. The van der Waals surface area contributed by atoms with E-state index in [2.05, 4.69) is 25.2 Å². The molecule has 1 saturated heterocycles. The molecule has 2 amide bonds. The second kappa shape index (κ2) is 7.66. The van der Waals surface area contributed by atoms with Gasteiger partial charge in [-0.3, -0.25) is 14.9 Å². The first-order chi connectivity index (χ1) is 16.2. The van der Waals surface area contributed by atoms with Gasteiger partial charge in [-0.2, -0.15) is 0 Å². The molecule has 0 saturated carbocycles. The van der Waals surface area contributed by atoms with Gasteiger partial charge in [0.1, 0.15) is 5.82 Å². The van der Waals surface area contributed by atoms with E-state index >= 15 is 0 Å². The van der Waals surface area contributed by atoms with E-state index in [1.807, 2.05) is 12.1 Å². The fraction of sp³-hybridized carbons (Fsp3) is 0.174. The lowest BCUT2D eigenvalue weighted by molar-refractivity contribution is 0.255. The van der Waals surface area contributed by atoms with E-state index in [0.717, 1.165) is 31.4 Å². The van der Waals surface area contributed by atoms with Crippen molar-refractivity contribution in [2.24, 2.45) is 0 Å². The number of urea groups is 1. The highest BCUT2D eigenvalue weighted by atomic mass is 19.1. The van der Waals surface area contributed by atoms with Crippen molar-refractivity contribution in [3.63, 3.8) is 0 Å². The van der Waals surface area contributed by atoms with Crippen LogP contribution in [0.15, 0.2) is 66.1 Å². The zero-order chi connectivity index (χ0) is 22.4. The highest BCUT2D eigenvalue weighted by molar-refractivity contribution is 6.05. The van der Waals surface area contributed by atoms with Crippen molar-refractivity contribution in [2.45, 2.75) is 12.5 Å². The number of amides is 2. The van der Waals surface area contributed by atoms with Crippen LogP contribution in [0.5, 0.6) is 0 Å². The minimum Gasteiger partial charge on any atom is -0.443 e. The average molecular weight is 443 g/mol. The summed E-state index contributed by atoms with van der Waals surface area (Å²) in [7, 11) is 0. The molecule has 0 unspecified atom stereocenters. The van der Waals surface area contributed by atoms with Crippen molar-refractivity contribution in [1.29, 1.82) is 0 Å². The molecule has 0 aliphatic carbocycles. The van der Waals surface area contributed by atoms with Crippen molar-refractivity contribution in [1.82, 2.24) is 19.9 Å². The third-order valence-electron chi connectivity index (χ3n) is 5.88. The normalized spacial score (nSPS) is 16.6. The van der Waals surface area contributed by atoms with Gasteiger partial charge in [-0.25, -0.2) is 19.2 Å². The van der Waals surface area contributed by atoms with Crippen LogP contribution in [0, 0.1) is 5.82 Å². The highest BCUT2D eigenvalue weighted by Gasteiger charge is 2.40. The summed E-state index contributed by atoms with van der Waals surface area (Å²) in [5.74, 6) is 0.662. The first kappa shape index (κ1) is 19.4. The number of nitrogens with zero attached hydrogens (tertiary/aromatic N) is 6. The molecule has 4 aromatic heterocycles. The molecule has 164 valence electrons. The molecule has 10 heteroatoms. The molecule has 6 rings (SSSR count). The summed E-state index contributed by atoms with van der Waals surface area (Å²) < 4.78 is 19.0. The Morgan fingerprint density at radius 2 is 1.94 bits per heavy atom. The molecule has 2 aliphatic heterocycles. The van der Waals surface area contributed by atoms with Crippen LogP contribution >= 0.6 is 0 Å². The lowest BCUT2D eigenvalue weighted by Crippen LogP contribution is -2.48. The zero-order valence-electron chi connectivity index (χ0n) is 17.3. The van der Waals surface area contributed by atoms with E-state index < -0.39 is 5.82 Å². The van der Waals surface area contributed by atoms with E-state index in [-0.39, 0.29) is 12.1 Å². The second-order valence-corrected chi connectivity index (χ2v) is 7.95. The van der Waals surface area contributed by atoms with E-state index in [9.17, 15) is 9.18 Å². The van der Waals surface area contributed by atoms with Gasteiger partial charge in [0.25, 0.3) is 0 Å². The molecule has 6 heterocycles. The van der Waals surface area contributed by atoms with Gasteiger partial charge in [0, 0.05) is 36.6 Å². The number of fused-ring (bicyclic) bond motifs is 4. The lowest BCUT2D eigenvalue weighted by atomic mass is 10.1. The van der Waals surface area contributed by atoms with Crippen molar-refractivity contribution in [3.8, 4) is 22.6 Å². The standard InChI is InChI=1S/C23H18FN7O2/c24-16-5-14(7-25-9-16)19-1-2-20-22(29-19)31(18-3-4-30(20)12-18)23(32)28-17-6-15(8-26-10-17)21-11-27-13-33-21/h1-2,5-11,13,18H,3-4,12H2,(H,28,32)/t18-/m0/s1. The van der Waals surface area contributed by atoms with E-state index in [0.29, 0.717) is 34.1 Å². The number of hydrogen-bond donors (Lipinski definition) is 1. The average Bonchev–Trinajstić information content (AvgIpc) is 3.51. The molecule has 4 aromatic rings. The Morgan fingerprint density at radius 1 is 1.06 bits per heavy atom. The van der Waals surface area contributed by atoms with Crippen LogP contribution in [-0.2, 0) is 0 Å². The van der Waals surface area contributed by atoms with Gasteiger partial charge >= 0.3 is 6.03 Å². The van der Waals surface area contributed by atoms with E-state index in [4.69, 9.17) is 9.40 Å². The predicted molar refractivity (Wildman–Crippen MR) is 119 cm³/mol. The van der Waals surface area contributed by atoms with Gasteiger partial charge in [0.2, 0.25) is 0 Å². The third-order valence-corrected chi connectivity index (χ3v) is 5.88. The number of anilines is 3. The van der Waals surface area contributed by atoms with Gasteiger partial charge in [-0.05, 0) is 30.7 Å². The van der Waals surface area contributed by atoms with Crippen LogP contribution in [0.25, 0.3) is 22.6 Å². The summed E-state index contributed by atoms with van der Waals surface area (Å²) >= 11 is 0. The molecule has 2 bridgehead atoms. The summed E-state index contributed by atoms with van der Waals surface area (Å²) in [5.41, 5.74) is 3.21. The molecule has 1 N–H and O–H groups in total. The lowest BCUT2D eigenvalue weighted by Gasteiger charge is -2.35. The van der Waals surface area contributed by atoms with Crippen LogP contribution in [0.1, 0.15) is 6.42 Å². The Morgan fingerprint density at radius 3 is 2.79 bits per heavy atom. The first-order valence-electron chi connectivity index (χ1n) is 10.5. The van der Waals surface area contributed by atoms with Crippen molar-refractivity contribution in [3.05, 3.63) is 67.5 Å². The van der Waals surface area contributed by atoms with Gasteiger partial charge in [-0.15, -0.1) is 0 Å². The number of hydrogen-bond acceptors (Lipinski definition) is 7. The molecule has 0 radical (unpaired) electrons. The minimum atomic E-state index is -0.440. The number of carbonyl (C=O) groups is 1. The van der Waals surface area contributed by atoms with Gasteiger partial charge in [0.15, 0.2) is 18.0 Å². The van der Waals surface area contributed by atoms with Crippen molar-refractivity contribution in [2.75, 3.05) is 28.2 Å². The maximum atomic E-state index is 13.7. The molecule has 1 atom stereocenters. The van der Waals surface area contributed by atoms with Crippen LogP contribution in [0.3, 0.4) is 0 Å². The number of oxazole rings is 1. The number of carbonyl (C=O) groups excluding carboxylic acids is 1. The Kier molecular flexibility index (Phi) is 4.49. The first-order valence-corrected chi connectivity index (χ1v) is 10.5. The molecule has 1 fully saturated rings. The SMILES string of the molecule is O=C(Nc1cncc(-c2cnco2)c1)N1c2nc(-c3cncc(F)c3)ccc2N2CC[C@H]1C2. The third kappa shape index (κ3) is 3.45. The van der Waals surface area contributed by atoms with Crippen molar-refractivity contribution >= 4 is 23.2 Å². The Labute approximate surface area is 187 Å². The van der Waals surface area contributed by atoms with Crippen molar-refractivity contribution < 1.29 is 13.6 Å². The second-order valence-electron chi connectivity index (χ2n) is 7.95. The quantitative estimate of drug-likeness (QED) is 0.511. The minimum absolute atomic E-state index is 0.0173. The maximum absolute atomic E-state index is 13.7. The summed E-state index contributed by atoms with van der Waals surface area (Å²) in [6.07, 6.45) is 9.68. The van der Waals surface area contributed by atoms with Crippen LogP contribution in [-0.4, -0.2) is 45.1 Å². The van der Waals surface area contributed by atoms with Crippen LogP contribution < -0.4 is 15.1 Å². The summed E-state index contributed by atoms with van der Waals surface area (Å²) in [6, 6.07) is 6.59. The number of aromatic nitrogens is 4. The molecular formula is C23H18FN7O2. The van der Waals surface area contributed by atoms with Gasteiger partial charge in [0.05, 0.1) is 41.7 Å². The molecule has 0 spiro atoms. The highest BCUT2D eigenvalue weighted by Crippen LogP contribution is 2.40. The summed E-state index contributed by atoms with van der Waals surface area (Å²) in [5, 5.41) is 2.94. The molecule has 33 heavy (non-hydrogen) atoms. The van der Waals surface area contributed by atoms with Crippen LogP contribution in [0.2, 0.25) is 0 Å². The smallest absolute Gasteiger partial charge is 0.327 e. The number of nitrogens with one attached hydrogen (secondary N) is 1. The Bertz CT molecular complexity index is 1340. The van der Waals surface area contributed by atoms with E-state index in [1.165, 1.54) is 12.5 Å². The number of pyridine rings is 3. The monoisotopic (exact) mass is 443 g/mol. The molecule has 0 aromatic carbocycles. The number of rotatable bonds is 3. The molecule has 9 nitrogen and oxygen atoms in total. The van der Waals surface area contributed by atoms with Gasteiger partial charge < -0.3 is 14.6 Å².